The summed E-state index contributed by atoms with van der Waals surface area (Å²) < 4.78 is 0.710. The zero-order valence-electron chi connectivity index (χ0n) is 11.3. The van der Waals surface area contributed by atoms with Crippen LogP contribution in [0.15, 0.2) is 22.7 Å². The molecule has 3 nitrogen and oxygen atoms in total. The molecule has 106 valence electrons. The van der Waals surface area contributed by atoms with Crippen LogP contribution in [-0.4, -0.2) is 22.4 Å². The minimum atomic E-state index is -0.137. The van der Waals surface area contributed by atoms with Crippen LogP contribution in [0.5, 0.6) is 5.75 Å². The lowest BCUT2D eigenvalue weighted by Gasteiger charge is -2.39. The van der Waals surface area contributed by atoms with Crippen molar-refractivity contribution in [2.75, 3.05) is 6.61 Å². The maximum absolute atomic E-state index is 9.72. The third-order valence-electron chi connectivity index (χ3n) is 4.07. The van der Waals surface area contributed by atoms with Gasteiger partial charge < -0.3 is 15.5 Å². The molecule has 0 bridgehead atoms. The number of rotatable bonds is 4. The van der Waals surface area contributed by atoms with Gasteiger partial charge in [-0.2, -0.15) is 0 Å². The first-order chi connectivity index (χ1) is 9.04. The number of aromatic hydroxyl groups is 1. The molecule has 1 aliphatic carbocycles. The summed E-state index contributed by atoms with van der Waals surface area (Å²) in [5, 5.41) is 22.7. The Bertz CT molecular complexity index is 438. The summed E-state index contributed by atoms with van der Waals surface area (Å²) in [7, 11) is 0. The van der Waals surface area contributed by atoms with Gasteiger partial charge in [-0.1, -0.05) is 25.8 Å². The van der Waals surface area contributed by atoms with Crippen molar-refractivity contribution < 1.29 is 10.2 Å². The lowest BCUT2D eigenvalue weighted by molar-refractivity contribution is 0.0982. The van der Waals surface area contributed by atoms with Gasteiger partial charge in [-0.25, -0.2) is 0 Å². The zero-order chi connectivity index (χ0) is 13.9. The number of hydrogen-bond donors (Lipinski definition) is 3. The lowest BCUT2D eigenvalue weighted by atomic mass is 9.77. The smallest absolute Gasteiger partial charge is 0.129 e. The highest BCUT2D eigenvalue weighted by Crippen LogP contribution is 2.32. The van der Waals surface area contributed by atoms with Crippen molar-refractivity contribution in [2.24, 2.45) is 5.92 Å². The van der Waals surface area contributed by atoms with Crippen molar-refractivity contribution in [3.05, 3.63) is 28.2 Å². The Morgan fingerprint density at radius 2 is 2.26 bits per heavy atom. The average molecular weight is 328 g/mol. The minimum absolute atomic E-state index is 0.137. The third-order valence-corrected chi connectivity index (χ3v) is 4.71. The molecule has 0 heterocycles. The van der Waals surface area contributed by atoms with Crippen LogP contribution in [0.25, 0.3) is 0 Å². The van der Waals surface area contributed by atoms with E-state index < -0.39 is 0 Å². The number of nitrogens with one attached hydrogen (secondary N) is 1. The molecule has 3 N–H and O–H groups in total. The first-order valence-corrected chi connectivity index (χ1v) is 7.67. The highest BCUT2D eigenvalue weighted by molar-refractivity contribution is 9.10. The monoisotopic (exact) mass is 327 g/mol. The zero-order valence-corrected chi connectivity index (χ0v) is 12.9. The predicted molar refractivity (Wildman–Crippen MR) is 80.1 cm³/mol. The summed E-state index contributed by atoms with van der Waals surface area (Å²) in [6.07, 6.45) is 4.50. The Labute approximate surface area is 123 Å². The van der Waals surface area contributed by atoms with Crippen molar-refractivity contribution in [3.63, 3.8) is 0 Å². The molecule has 4 heteroatoms. The van der Waals surface area contributed by atoms with Gasteiger partial charge in [-0.05, 0) is 52.4 Å². The molecule has 0 radical (unpaired) electrons. The third kappa shape index (κ3) is 3.71. The molecule has 0 spiro atoms. The molecule has 1 aromatic rings. The quantitative estimate of drug-likeness (QED) is 0.796. The Hall–Kier alpha value is -0.580. The number of phenols is 1. The fraction of sp³-hybridized carbons (Fsp3) is 0.600. The Balaban J connectivity index is 2.01. The van der Waals surface area contributed by atoms with Gasteiger partial charge in [0.2, 0.25) is 0 Å². The number of aliphatic hydroxyl groups is 1. The highest BCUT2D eigenvalue weighted by atomic mass is 79.9. The molecule has 1 fully saturated rings. The van der Waals surface area contributed by atoms with Gasteiger partial charge in [0.1, 0.15) is 5.75 Å². The first kappa shape index (κ1) is 14.8. The van der Waals surface area contributed by atoms with Gasteiger partial charge in [0.15, 0.2) is 0 Å². The van der Waals surface area contributed by atoms with Crippen molar-refractivity contribution in [1.82, 2.24) is 5.32 Å². The molecule has 0 aliphatic heterocycles. The van der Waals surface area contributed by atoms with Gasteiger partial charge in [-0.3, -0.25) is 0 Å². The molecule has 0 aromatic heterocycles. The predicted octanol–water partition coefficient (Wildman–Crippen LogP) is 3.19. The van der Waals surface area contributed by atoms with E-state index in [0.717, 1.165) is 18.4 Å². The van der Waals surface area contributed by atoms with E-state index in [-0.39, 0.29) is 17.9 Å². The van der Waals surface area contributed by atoms with Gasteiger partial charge in [0.05, 0.1) is 11.1 Å². The first-order valence-electron chi connectivity index (χ1n) is 6.88. The summed E-state index contributed by atoms with van der Waals surface area (Å²) in [6.45, 7) is 3.16. The van der Waals surface area contributed by atoms with Crippen LogP contribution in [0, 0.1) is 5.92 Å². The van der Waals surface area contributed by atoms with Crippen molar-refractivity contribution in [3.8, 4) is 5.75 Å². The topological polar surface area (TPSA) is 52.5 Å². The van der Waals surface area contributed by atoms with Crippen LogP contribution in [0.3, 0.4) is 0 Å². The molecular formula is C15H22BrNO2. The van der Waals surface area contributed by atoms with E-state index in [1.807, 2.05) is 12.1 Å². The van der Waals surface area contributed by atoms with Gasteiger partial charge in [0.25, 0.3) is 0 Å². The van der Waals surface area contributed by atoms with Crippen LogP contribution in [0.1, 0.15) is 38.2 Å². The van der Waals surface area contributed by atoms with Gasteiger partial charge in [-0.15, -0.1) is 0 Å². The van der Waals surface area contributed by atoms with Crippen molar-refractivity contribution in [1.29, 1.82) is 0 Å². The maximum Gasteiger partial charge on any atom is 0.129 e. The largest absolute Gasteiger partial charge is 0.507 e. The molecule has 1 aliphatic rings. The van der Waals surface area contributed by atoms with Crippen LogP contribution in [-0.2, 0) is 6.54 Å². The fourth-order valence-corrected chi connectivity index (χ4v) is 3.40. The number of halogens is 1. The molecule has 1 aromatic carbocycles. The second-order valence-electron chi connectivity index (χ2n) is 5.78. The molecule has 2 atom stereocenters. The van der Waals surface area contributed by atoms with Crippen molar-refractivity contribution in [2.45, 2.75) is 44.7 Å². The summed E-state index contributed by atoms with van der Waals surface area (Å²) in [5.41, 5.74) is 0.970. The number of phenolic OH excluding ortho intramolecular Hbond substituents is 1. The Morgan fingerprint density at radius 1 is 1.47 bits per heavy atom. The fourth-order valence-electron chi connectivity index (χ4n) is 2.97. The van der Waals surface area contributed by atoms with E-state index in [0.29, 0.717) is 16.9 Å². The van der Waals surface area contributed by atoms with Gasteiger partial charge in [0, 0.05) is 12.1 Å². The molecule has 0 amide bonds. The van der Waals surface area contributed by atoms with Crippen LogP contribution < -0.4 is 5.32 Å². The molecule has 2 rings (SSSR count). The average Bonchev–Trinajstić information content (AvgIpc) is 2.40. The van der Waals surface area contributed by atoms with Crippen LogP contribution in [0.2, 0.25) is 0 Å². The lowest BCUT2D eigenvalue weighted by Crippen LogP contribution is -2.51. The van der Waals surface area contributed by atoms with E-state index in [9.17, 15) is 10.2 Å². The number of hydrogen-bond acceptors (Lipinski definition) is 3. The van der Waals surface area contributed by atoms with Gasteiger partial charge >= 0.3 is 0 Å². The second kappa shape index (κ2) is 6.25. The molecule has 0 saturated heterocycles. The van der Waals surface area contributed by atoms with E-state index in [1.165, 1.54) is 12.8 Å². The second-order valence-corrected chi connectivity index (χ2v) is 6.63. The van der Waals surface area contributed by atoms with Crippen molar-refractivity contribution >= 4 is 15.9 Å². The normalized spacial score (nSPS) is 27.4. The minimum Gasteiger partial charge on any atom is -0.507 e. The van der Waals surface area contributed by atoms with E-state index in [2.05, 4.69) is 28.2 Å². The van der Waals surface area contributed by atoms with E-state index in [1.54, 1.807) is 6.07 Å². The van der Waals surface area contributed by atoms with E-state index >= 15 is 0 Å². The molecular weight excluding hydrogens is 306 g/mol. The molecule has 2 unspecified atom stereocenters. The van der Waals surface area contributed by atoms with E-state index in [4.69, 9.17) is 0 Å². The van der Waals surface area contributed by atoms with Crippen LogP contribution >= 0.6 is 15.9 Å². The summed E-state index contributed by atoms with van der Waals surface area (Å²) in [4.78, 5) is 0. The Morgan fingerprint density at radius 3 is 2.89 bits per heavy atom. The summed E-state index contributed by atoms with van der Waals surface area (Å²) >= 11 is 3.32. The summed E-state index contributed by atoms with van der Waals surface area (Å²) in [6, 6.07) is 5.51. The Kier molecular flexibility index (Phi) is 4.87. The highest BCUT2D eigenvalue weighted by Gasteiger charge is 2.33. The number of benzene rings is 1. The molecule has 19 heavy (non-hydrogen) atoms. The van der Waals surface area contributed by atoms with Crippen LogP contribution in [0.4, 0.5) is 0 Å². The maximum atomic E-state index is 9.72. The standard InChI is InChI=1S/C15H22BrNO2/c1-11-3-2-6-15(8-11,10-18)17-9-12-4-5-14(19)13(16)7-12/h4-5,7,11,17-19H,2-3,6,8-10H2,1H3. The SMILES string of the molecule is CC1CCCC(CO)(NCc2ccc(O)c(Br)c2)C1. The summed E-state index contributed by atoms with van der Waals surface area (Å²) in [5.74, 6) is 0.923. The number of aliphatic hydroxyl groups excluding tert-OH is 1. The molecule has 1 saturated carbocycles.